The minimum absolute atomic E-state index is 0.0696. The van der Waals surface area contributed by atoms with E-state index in [-0.39, 0.29) is 17.3 Å². The highest BCUT2D eigenvalue weighted by atomic mass is 32.2. The number of rotatable bonds is 5. The zero-order valence-electron chi connectivity index (χ0n) is 16.7. The first kappa shape index (κ1) is 20.6. The van der Waals surface area contributed by atoms with Crippen molar-refractivity contribution in [3.63, 3.8) is 0 Å². The number of halogens is 1. The van der Waals surface area contributed by atoms with Gasteiger partial charge in [0, 0.05) is 17.5 Å². The maximum Gasteiger partial charge on any atom is 0.374 e. The fourth-order valence-electron chi connectivity index (χ4n) is 3.96. The summed E-state index contributed by atoms with van der Waals surface area (Å²) in [5, 5.41) is 0.542. The molecule has 0 aliphatic carbocycles. The second kappa shape index (κ2) is 7.85. The molecule has 3 aromatic rings. The second-order valence-electron chi connectivity index (χ2n) is 7.26. The van der Waals surface area contributed by atoms with Gasteiger partial charge in [0.15, 0.2) is 0 Å². The first-order valence-corrected chi connectivity index (χ1v) is 11.2. The second-order valence-corrected chi connectivity index (χ2v) is 9.15. The number of fused-ring (bicyclic) bond motifs is 1. The van der Waals surface area contributed by atoms with Crippen LogP contribution in [-0.2, 0) is 14.8 Å². The Morgan fingerprint density at radius 1 is 1.27 bits per heavy atom. The van der Waals surface area contributed by atoms with Crippen LogP contribution < -0.4 is 0 Å². The van der Waals surface area contributed by atoms with Crippen LogP contribution in [0.4, 0.5) is 4.39 Å². The summed E-state index contributed by atoms with van der Waals surface area (Å²) in [6.07, 6.45) is 1.32. The molecule has 0 saturated carbocycles. The Morgan fingerprint density at radius 3 is 2.80 bits per heavy atom. The van der Waals surface area contributed by atoms with Crippen LogP contribution in [0.3, 0.4) is 0 Å². The molecule has 6 nitrogen and oxygen atoms in total. The van der Waals surface area contributed by atoms with Crippen molar-refractivity contribution >= 4 is 27.0 Å². The van der Waals surface area contributed by atoms with Crippen molar-refractivity contribution in [3.05, 3.63) is 65.2 Å². The summed E-state index contributed by atoms with van der Waals surface area (Å²) < 4.78 is 52.5. The van der Waals surface area contributed by atoms with Crippen molar-refractivity contribution in [3.8, 4) is 0 Å². The first-order chi connectivity index (χ1) is 14.3. The predicted octanol–water partition coefficient (Wildman–Crippen LogP) is 4.58. The molecule has 2 heterocycles. The Hall–Kier alpha value is -2.71. The number of nitrogens with zero attached hydrogens (tertiary/aromatic N) is 1. The molecule has 158 valence electrons. The molecular formula is C22H22FNO5S. The lowest BCUT2D eigenvalue weighted by Gasteiger charge is -2.24. The van der Waals surface area contributed by atoms with E-state index in [0.29, 0.717) is 41.5 Å². The largest absolute Gasteiger partial charge is 0.460 e. The van der Waals surface area contributed by atoms with Crippen LogP contribution in [0.5, 0.6) is 0 Å². The Balaban J connectivity index is 1.73. The molecular weight excluding hydrogens is 409 g/mol. The Kier molecular flexibility index (Phi) is 5.38. The summed E-state index contributed by atoms with van der Waals surface area (Å²) in [7, 11) is -3.83. The average molecular weight is 431 g/mol. The van der Waals surface area contributed by atoms with Crippen molar-refractivity contribution in [1.82, 2.24) is 4.31 Å². The number of hydrogen-bond acceptors (Lipinski definition) is 5. The predicted molar refractivity (Wildman–Crippen MR) is 109 cm³/mol. The molecule has 1 aliphatic rings. The fourth-order valence-corrected chi connectivity index (χ4v) is 5.67. The minimum Gasteiger partial charge on any atom is -0.460 e. The van der Waals surface area contributed by atoms with E-state index < -0.39 is 27.9 Å². The van der Waals surface area contributed by atoms with Crippen molar-refractivity contribution in [2.45, 2.75) is 37.6 Å². The van der Waals surface area contributed by atoms with Gasteiger partial charge in [0.2, 0.25) is 15.8 Å². The maximum atomic E-state index is 13.7. The number of hydrogen-bond donors (Lipinski definition) is 0. The molecule has 1 aliphatic heterocycles. The van der Waals surface area contributed by atoms with E-state index in [1.807, 2.05) is 0 Å². The van der Waals surface area contributed by atoms with E-state index in [4.69, 9.17) is 9.15 Å². The molecule has 0 bridgehead atoms. The molecule has 2 aromatic carbocycles. The fraction of sp³-hybridized carbons (Fsp3) is 0.318. The van der Waals surface area contributed by atoms with E-state index in [0.717, 1.165) is 0 Å². The number of esters is 1. The van der Waals surface area contributed by atoms with Gasteiger partial charge in [0.1, 0.15) is 11.4 Å². The summed E-state index contributed by atoms with van der Waals surface area (Å²) in [6.45, 7) is 3.97. The molecule has 0 amide bonds. The van der Waals surface area contributed by atoms with Crippen LogP contribution in [0.15, 0.2) is 51.8 Å². The molecule has 8 heteroatoms. The molecule has 0 unspecified atom stereocenters. The highest BCUT2D eigenvalue weighted by Crippen LogP contribution is 2.38. The molecule has 4 rings (SSSR count). The average Bonchev–Trinajstić information content (AvgIpc) is 3.34. The van der Waals surface area contributed by atoms with E-state index in [1.165, 1.54) is 28.6 Å². The normalized spacial score (nSPS) is 17.5. The SMILES string of the molecule is CCOC(=O)c1oc2ccc(S(=O)(=O)N3CCC[C@@H]3c3cccc(F)c3)cc2c1C. The van der Waals surface area contributed by atoms with Gasteiger partial charge in [-0.3, -0.25) is 0 Å². The van der Waals surface area contributed by atoms with Gasteiger partial charge in [-0.05, 0) is 62.6 Å². The molecule has 0 spiro atoms. The van der Waals surface area contributed by atoms with Gasteiger partial charge in [-0.25, -0.2) is 17.6 Å². The first-order valence-electron chi connectivity index (χ1n) is 9.80. The van der Waals surface area contributed by atoms with E-state index >= 15 is 0 Å². The van der Waals surface area contributed by atoms with Crippen molar-refractivity contribution in [2.75, 3.05) is 13.2 Å². The lowest BCUT2D eigenvalue weighted by atomic mass is 10.1. The molecule has 0 N–H and O–H groups in total. The van der Waals surface area contributed by atoms with Crippen LogP contribution >= 0.6 is 0 Å². The Morgan fingerprint density at radius 2 is 2.07 bits per heavy atom. The zero-order valence-corrected chi connectivity index (χ0v) is 17.5. The third-order valence-corrected chi connectivity index (χ3v) is 7.32. The monoisotopic (exact) mass is 431 g/mol. The quantitative estimate of drug-likeness (QED) is 0.553. The van der Waals surface area contributed by atoms with Crippen LogP contribution in [0.2, 0.25) is 0 Å². The number of sulfonamides is 1. The number of carbonyl (C=O) groups excluding carboxylic acids is 1. The van der Waals surface area contributed by atoms with Gasteiger partial charge in [-0.15, -0.1) is 0 Å². The van der Waals surface area contributed by atoms with E-state index in [1.54, 1.807) is 32.0 Å². The summed E-state index contributed by atoms with van der Waals surface area (Å²) in [5.41, 5.74) is 1.59. The summed E-state index contributed by atoms with van der Waals surface area (Å²) >= 11 is 0. The van der Waals surface area contributed by atoms with Crippen molar-refractivity contribution in [1.29, 1.82) is 0 Å². The van der Waals surface area contributed by atoms with Gasteiger partial charge in [-0.2, -0.15) is 4.31 Å². The van der Waals surface area contributed by atoms with Gasteiger partial charge in [0.05, 0.1) is 17.5 Å². The third-order valence-electron chi connectivity index (χ3n) is 5.41. The smallest absolute Gasteiger partial charge is 0.374 e. The van der Waals surface area contributed by atoms with Crippen LogP contribution in [-0.4, -0.2) is 31.8 Å². The van der Waals surface area contributed by atoms with Gasteiger partial charge in [0.25, 0.3) is 0 Å². The molecule has 1 fully saturated rings. The summed E-state index contributed by atoms with van der Waals surface area (Å²) in [5.74, 6) is -0.903. The van der Waals surface area contributed by atoms with E-state index in [9.17, 15) is 17.6 Å². The topological polar surface area (TPSA) is 76.8 Å². The van der Waals surface area contributed by atoms with Crippen LogP contribution in [0, 0.1) is 12.7 Å². The Bertz CT molecular complexity index is 1220. The Labute approximate surface area is 174 Å². The van der Waals surface area contributed by atoms with Gasteiger partial charge < -0.3 is 9.15 Å². The number of benzene rings is 2. The maximum absolute atomic E-state index is 13.7. The number of ether oxygens (including phenoxy) is 1. The molecule has 1 saturated heterocycles. The standard InChI is InChI=1S/C22H22FNO5S/c1-3-28-22(25)21-14(2)18-13-17(9-10-20(18)29-21)30(26,27)24-11-5-8-19(24)15-6-4-7-16(23)12-15/h4,6-7,9-10,12-13,19H,3,5,8,11H2,1-2H3/t19-/m1/s1. The lowest BCUT2D eigenvalue weighted by Crippen LogP contribution is -2.30. The number of aryl methyl sites for hydroxylation is 1. The van der Waals surface area contributed by atoms with Crippen LogP contribution in [0.1, 0.15) is 47.5 Å². The zero-order chi connectivity index (χ0) is 21.5. The highest BCUT2D eigenvalue weighted by molar-refractivity contribution is 7.89. The van der Waals surface area contributed by atoms with Gasteiger partial charge in [-0.1, -0.05) is 12.1 Å². The van der Waals surface area contributed by atoms with Gasteiger partial charge >= 0.3 is 5.97 Å². The molecule has 1 atom stereocenters. The summed E-state index contributed by atoms with van der Waals surface area (Å²) in [4.78, 5) is 12.2. The number of carbonyl (C=O) groups is 1. The molecule has 30 heavy (non-hydrogen) atoms. The number of furan rings is 1. The summed E-state index contributed by atoms with van der Waals surface area (Å²) in [6, 6.07) is 10.2. The highest BCUT2D eigenvalue weighted by Gasteiger charge is 2.36. The van der Waals surface area contributed by atoms with Crippen LogP contribution in [0.25, 0.3) is 11.0 Å². The van der Waals surface area contributed by atoms with Crippen molar-refractivity contribution in [2.24, 2.45) is 0 Å². The van der Waals surface area contributed by atoms with E-state index in [2.05, 4.69) is 0 Å². The van der Waals surface area contributed by atoms with Crippen molar-refractivity contribution < 1.29 is 26.8 Å². The molecule has 0 radical (unpaired) electrons. The lowest BCUT2D eigenvalue weighted by molar-refractivity contribution is 0.0491. The molecule has 1 aromatic heterocycles. The minimum atomic E-state index is -3.83. The third kappa shape index (κ3) is 3.50.